The molecule has 1 amide bonds. The third-order valence-corrected chi connectivity index (χ3v) is 4.88. The second-order valence-electron chi connectivity index (χ2n) is 5.30. The van der Waals surface area contributed by atoms with Gasteiger partial charge in [0.25, 0.3) is 0 Å². The normalized spacial score (nSPS) is 18.6. The smallest absolute Gasteiger partial charge is 0.223 e. The average molecular weight is 288 g/mol. The lowest BCUT2D eigenvalue weighted by atomic mass is 10.1. The molecule has 2 aromatic rings. The zero-order chi connectivity index (χ0) is 13.8. The van der Waals surface area contributed by atoms with Crippen molar-refractivity contribution in [1.29, 1.82) is 0 Å². The van der Waals surface area contributed by atoms with Crippen LogP contribution in [-0.2, 0) is 11.2 Å². The van der Waals surface area contributed by atoms with Crippen LogP contribution in [0.4, 0.5) is 0 Å². The summed E-state index contributed by atoms with van der Waals surface area (Å²) < 4.78 is 0. The number of rotatable bonds is 5. The van der Waals surface area contributed by atoms with Gasteiger partial charge in [0.15, 0.2) is 0 Å². The maximum atomic E-state index is 12.4. The molecule has 1 fully saturated rings. The zero-order valence-electron chi connectivity index (χ0n) is 11.5. The Morgan fingerprint density at radius 1 is 1.40 bits per heavy atom. The van der Waals surface area contributed by atoms with Gasteiger partial charge in [0.2, 0.25) is 5.91 Å². The predicted octanol–water partition coefficient (Wildman–Crippen LogP) is 3.76. The third-order valence-electron chi connectivity index (χ3n) is 3.95. The van der Waals surface area contributed by atoms with Crippen molar-refractivity contribution >= 4 is 17.2 Å². The Morgan fingerprint density at radius 2 is 2.35 bits per heavy atom. The molecule has 2 aromatic heterocycles. The van der Waals surface area contributed by atoms with E-state index in [2.05, 4.69) is 33.5 Å². The van der Waals surface area contributed by atoms with Crippen molar-refractivity contribution in [1.82, 2.24) is 9.88 Å². The first-order valence-corrected chi connectivity index (χ1v) is 8.18. The Balaban J connectivity index is 1.53. The summed E-state index contributed by atoms with van der Waals surface area (Å²) in [5.74, 6) is 0.304. The predicted molar refractivity (Wildman–Crippen MR) is 81.7 cm³/mol. The Kier molecular flexibility index (Phi) is 4.21. The number of carbonyl (C=O) groups is 1. The summed E-state index contributed by atoms with van der Waals surface area (Å²) in [4.78, 5) is 19.1. The van der Waals surface area contributed by atoms with Crippen LogP contribution in [0.2, 0.25) is 0 Å². The first-order valence-electron chi connectivity index (χ1n) is 7.30. The lowest BCUT2D eigenvalue weighted by Gasteiger charge is -2.24. The third kappa shape index (κ3) is 2.96. The molecule has 106 valence electrons. The Hall–Kier alpha value is -1.55. The van der Waals surface area contributed by atoms with Gasteiger partial charge in [-0.15, -0.1) is 11.3 Å². The van der Waals surface area contributed by atoms with Crippen LogP contribution in [0, 0.1) is 0 Å². The maximum absolute atomic E-state index is 12.4. The van der Waals surface area contributed by atoms with Crippen molar-refractivity contribution in [3.63, 3.8) is 0 Å². The summed E-state index contributed by atoms with van der Waals surface area (Å²) in [5.41, 5.74) is 1.18. The van der Waals surface area contributed by atoms with E-state index < -0.39 is 0 Å². The molecule has 1 saturated heterocycles. The number of amides is 1. The van der Waals surface area contributed by atoms with Crippen LogP contribution in [-0.4, -0.2) is 22.3 Å². The lowest BCUT2D eigenvalue weighted by molar-refractivity contribution is -0.132. The van der Waals surface area contributed by atoms with Crippen molar-refractivity contribution in [3.05, 3.63) is 46.4 Å². The van der Waals surface area contributed by atoms with E-state index in [4.69, 9.17) is 0 Å². The molecule has 0 aromatic carbocycles. The van der Waals surface area contributed by atoms with Crippen molar-refractivity contribution in [2.45, 2.75) is 38.1 Å². The molecule has 1 aliphatic heterocycles. The molecular weight excluding hydrogens is 268 g/mol. The quantitative estimate of drug-likeness (QED) is 0.893. The second-order valence-corrected chi connectivity index (χ2v) is 6.34. The fourth-order valence-electron chi connectivity index (χ4n) is 2.95. The molecule has 3 heterocycles. The molecular formula is C16H20N2OS. The van der Waals surface area contributed by atoms with Gasteiger partial charge in [-0.3, -0.25) is 4.79 Å². The van der Waals surface area contributed by atoms with Gasteiger partial charge in [-0.05, 0) is 49.3 Å². The van der Waals surface area contributed by atoms with Crippen LogP contribution >= 0.6 is 11.3 Å². The highest BCUT2D eigenvalue weighted by atomic mass is 32.1. The van der Waals surface area contributed by atoms with Crippen LogP contribution < -0.4 is 0 Å². The van der Waals surface area contributed by atoms with E-state index in [0.717, 1.165) is 32.2 Å². The minimum Gasteiger partial charge on any atom is -0.363 e. The van der Waals surface area contributed by atoms with Crippen molar-refractivity contribution in [3.8, 4) is 0 Å². The number of carbonyl (C=O) groups excluding carboxylic acids is 1. The van der Waals surface area contributed by atoms with Crippen LogP contribution in [0.25, 0.3) is 0 Å². The first kappa shape index (κ1) is 13.4. The van der Waals surface area contributed by atoms with Gasteiger partial charge in [0.05, 0.1) is 6.04 Å². The highest BCUT2D eigenvalue weighted by Crippen LogP contribution is 2.31. The van der Waals surface area contributed by atoms with Crippen molar-refractivity contribution < 1.29 is 4.79 Å². The number of nitrogens with one attached hydrogen (secondary N) is 1. The number of nitrogens with zero attached hydrogens (tertiary/aromatic N) is 1. The van der Waals surface area contributed by atoms with Gasteiger partial charge < -0.3 is 9.88 Å². The highest BCUT2D eigenvalue weighted by molar-refractivity contribution is 7.09. The van der Waals surface area contributed by atoms with Gasteiger partial charge in [-0.25, -0.2) is 0 Å². The summed E-state index contributed by atoms with van der Waals surface area (Å²) in [5, 5.41) is 2.10. The standard InChI is InChI=1S/C16H20N2OS/c19-16(9-1-5-13-6-4-12-20-13)18-11-3-8-15(18)14-7-2-10-17-14/h2,4,6-7,10,12,15,17H,1,3,5,8-9,11H2. The van der Waals surface area contributed by atoms with Crippen LogP contribution in [0.3, 0.4) is 0 Å². The van der Waals surface area contributed by atoms with E-state index >= 15 is 0 Å². The Labute approximate surface area is 123 Å². The van der Waals surface area contributed by atoms with E-state index in [9.17, 15) is 4.79 Å². The molecule has 0 radical (unpaired) electrons. The van der Waals surface area contributed by atoms with Crippen molar-refractivity contribution in [2.24, 2.45) is 0 Å². The number of hydrogen-bond acceptors (Lipinski definition) is 2. The molecule has 4 heteroatoms. The molecule has 1 atom stereocenters. The molecule has 0 spiro atoms. The molecule has 0 saturated carbocycles. The van der Waals surface area contributed by atoms with Gasteiger partial charge in [0.1, 0.15) is 0 Å². The minimum atomic E-state index is 0.263. The number of aromatic amines is 1. The largest absolute Gasteiger partial charge is 0.363 e. The number of likely N-dealkylation sites (tertiary alicyclic amines) is 1. The van der Waals surface area contributed by atoms with Gasteiger partial charge in [-0.2, -0.15) is 0 Å². The molecule has 1 unspecified atom stereocenters. The fourth-order valence-corrected chi connectivity index (χ4v) is 3.70. The second kappa shape index (κ2) is 6.27. The monoisotopic (exact) mass is 288 g/mol. The van der Waals surface area contributed by atoms with E-state index in [1.54, 1.807) is 11.3 Å². The summed E-state index contributed by atoms with van der Waals surface area (Å²) in [6.07, 6.45) is 6.76. The zero-order valence-corrected chi connectivity index (χ0v) is 12.4. The lowest BCUT2D eigenvalue weighted by Crippen LogP contribution is -2.30. The minimum absolute atomic E-state index is 0.263. The van der Waals surface area contributed by atoms with E-state index in [0.29, 0.717) is 12.3 Å². The van der Waals surface area contributed by atoms with Crippen molar-refractivity contribution in [2.75, 3.05) is 6.54 Å². The van der Waals surface area contributed by atoms with Gasteiger partial charge in [-0.1, -0.05) is 6.07 Å². The summed E-state index contributed by atoms with van der Waals surface area (Å²) in [6.45, 7) is 0.904. The maximum Gasteiger partial charge on any atom is 0.223 e. The van der Waals surface area contributed by atoms with E-state index in [1.165, 1.54) is 10.6 Å². The fraction of sp³-hybridized carbons (Fsp3) is 0.438. The van der Waals surface area contributed by atoms with Gasteiger partial charge >= 0.3 is 0 Å². The molecule has 0 bridgehead atoms. The van der Waals surface area contributed by atoms with Crippen LogP contribution in [0.5, 0.6) is 0 Å². The SMILES string of the molecule is O=C(CCCc1cccs1)N1CCCC1c1ccc[nH]1. The summed E-state index contributed by atoms with van der Waals surface area (Å²) >= 11 is 1.78. The van der Waals surface area contributed by atoms with Crippen LogP contribution in [0.1, 0.15) is 42.3 Å². The topological polar surface area (TPSA) is 36.1 Å². The number of thiophene rings is 1. The number of H-pyrrole nitrogens is 1. The molecule has 0 aliphatic carbocycles. The number of aromatic nitrogens is 1. The highest BCUT2D eigenvalue weighted by Gasteiger charge is 2.29. The number of hydrogen-bond donors (Lipinski definition) is 1. The molecule has 20 heavy (non-hydrogen) atoms. The van der Waals surface area contributed by atoms with Gasteiger partial charge in [0, 0.05) is 29.7 Å². The molecule has 1 N–H and O–H groups in total. The Bertz CT molecular complexity index is 533. The molecule has 3 nitrogen and oxygen atoms in total. The molecule has 3 rings (SSSR count). The number of aryl methyl sites for hydroxylation is 1. The first-order chi connectivity index (χ1) is 9.84. The Morgan fingerprint density at radius 3 is 3.10 bits per heavy atom. The summed E-state index contributed by atoms with van der Waals surface area (Å²) in [6, 6.07) is 8.57. The summed E-state index contributed by atoms with van der Waals surface area (Å²) in [7, 11) is 0. The average Bonchev–Trinajstić information content (AvgIpc) is 3.19. The molecule has 1 aliphatic rings. The van der Waals surface area contributed by atoms with Crippen LogP contribution in [0.15, 0.2) is 35.8 Å². The van der Waals surface area contributed by atoms with E-state index in [1.807, 2.05) is 12.3 Å². The van der Waals surface area contributed by atoms with E-state index in [-0.39, 0.29) is 6.04 Å².